The largest absolute Gasteiger partial charge is 0.497 e. The zero-order valence-corrected chi connectivity index (χ0v) is 16.2. The Morgan fingerprint density at radius 1 is 0.929 bits per heavy atom. The molecule has 0 atom stereocenters. The Hall–Kier alpha value is -3.24. The van der Waals surface area contributed by atoms with Crippen LogP contribution in [0.3, 0.4) is 0 Å². The molecular formula is C23H20ClN3O. The summed E-state index contributed by atoms with van der Waals surface area (Å²) in [5.41, 5.74) is 5.12. The fourth-order valence-corrected chi connectivity index (χ4v) is 3.13. The maximum absolute atomic E-state index is 5.98. The van der Waals surface area contributed by atoms with Crippen molar-refractivity contribution in [3.8, 4) is 22.7 Å². The first-order valence-corrected chi connectivity index (χ1v) is 9.38. The standard InChI is InChI=1S/C23H20ClN3O/c1-28-22-13-7-17(8-14-22)23-18(15-25-20-11-9-19(24)10-12-20)16-27(26-23)21-5-3-2-4-6-21/h2-14,16,25H,15H2,1H3. The van der Waals surface area contributed by atoms with Gasteiger partial charge in [-0.3, -0.25) is 0 Å². The highest BCUT2D eigenvalue weighted by atomic mass is 35.5. The summed E-state index contributed by atoms with van der Waals surface area (Å²) in [6, 6.07) is 25.8. The lowest BCUT2D eigenvalue weighted by molar-refractivity contribution is 0.415. The number of methoxy groups -OCH3 is 1. The van der Waals surface area contributed by atoms with Crippen LogP contribution >= 0.6 is 11.6 Å². The Labute approximate surface area is 169 Å². The Morgan fingerprint density at radius 2 is 1.64 bits per heavy atom. The molecular weight excluding hydrogens is 370 g/mol. The van der Waals surface area contributed by atoms with Crippen LogP contribution in [0, 0.1) is 0 Å². The first-order valence-electron chi connectivity index (χ1n) is 9.01. The highest BCUT2D eigenvalue weighted by Crippen LogP contribution is 2.26. The highest BCUT2D eigenvalue weighted by molar-refractivity contribution is 6.30. The van der Waals surface area contributed by atoms with E-state index >= 15 is 0 Å². The van der Waals surface area contributed by atoms with E-state index in [0.29, 0.717) is 6.54 Å². The number of hydrogen-bond donors (Lipinski definition) is 1. The number of nitrogens with one attached hydrogen (secondary N) is 1. The molecule has 1 heterocycles. The molecule has 140 valence electrons. The zero-order chi connectivity index (χ0) is 19.3. The van der Waals surface area contributed by atoms with Crippen LogP contribution in [0.25, 0.3) is 16.9 Å². The van der Waals surface area contributed by atoms with Crippen molar-refractivity contribution in [3.63, 3.8) is 0 Å². The number of rotatable bonds is 6. The Bertz CT molecular complexity index is 1040. The molecule has 0 saturated carbocycles. The van der Waals surface area contributed by atoms with Crippen molar-refractivity contribution in [2.45, 2.75) is 6.54 Å². The quantitative estimate of drug-likeness (QED) is 0.452. The Balaban J connectivity index is 1.67. The molecule has 0 fully saturated rings. The topological polar surface area (TPSA) is 39.1 Å². The molecule has 4 aromatic rings. The van der Waals surface area contributed by atoms with Crippen molar-refractivity contribution in [2.24, 2.45) is 0 Å². The molecule has 0 bridgehead atoms. The normalized spacial score (nSPS) is 10.6. The Kier molecular flexibility index (Phi) is 5.31. The second-order valence-electron chi connectivity index (χ2n) is 6.37. The van der Waals surface area contributed by atoms with Gasteiger partial charge in [0.05, 0.1) is 18.5 Å². The number of halogens is 1. The van der Waals surface area contributed by atoms with Gasteiger partial charge in [0.25, 0.3) is 0 Å². The molecule has 0 aliphatic carbocycles. The Morgan fingerprint density at radius 3 is 2.32 bits per heavy atom. The predicted molar refractivity (Wildman–Crippen MR) is 114 cm³/mol. The van der Waals surface area contributed by atoms with Crippen LogP contribution in [-0.2, 0) is 6.54 Å². The zero-order valence-electron chi connectivity index (χ0n) is 15.5. The molecule has 28 heavy (non-hydrogen) atoms. The van der Waals surface area contributed by atoms with Gasteiger partial charge in [0, 0.05) is 34.6 Å². The number of aromatic nitrogens is 2. The van der Waals surface area contributed by atoms with E-state index in [-0.39, 0.29) is 0 Å². The number of anilines is 1. The van der Waals surface area contributed by atoms with Crippen LogP contribution in [0.15, 0.2) is 85.1 Å². The molecule has 1 N–H and O–H groups in total. The minimum Gasteiger partial charge on any atom is -0.497 e. The molecule has 0 aliphatic heterocycles. The number of hydrogen-bond acceptors (Lipinski definition) is 3. The van der Waals surface area contributed by atoms with Gasteiger partial charge >= 0.3 is 0 Å². The first kappa shape index (κ1) is 18.1. The third-order valence-electron chi connectivity index (χ3n) is 4.50. The highest BCUT2D eigenvalue weighted by Gasteiger charge is 2.12. The number of nitrogens with zero attached hydrogens (tertiary/aromatic N) is 2. The first-order chi connectivity index (χ1) is 13.7. The smallest absolute Gasteiger partial charge is 0.118 e. The van der Waals surface area contributed by atoms with Crippen molar-refractivity contribution >= 4 is 17.3 Å². The van der Waals surface area contributed by atoms with Crippen molar-refractivity contribution in [1.82, 2.24) is 9.78 Å². The van der Waals surface area contributed by atoms with Crippen LogP contribution in [0.5, 0.6) is 5.75 Å². The van der Waals surface area contributed by atoms with Gasteiger partial charge in [-0.1, -0.05) is 29.8 Å². The number of para-hydroxylation sites is 1. The molecule has 0 radical (unpaired) electrons. The summed E-state index contributed by atoms with van der Waals surface area (Å²) in [5.74, 6) is 0.826. The van der Waals surface area contributed by atoms with E-state index in [2.05, 4.69) is 11.5 Å². The van der Waals surface area contributed by atoms with Crippen molar-refractivity contribution in [3.05, 3.63) is 95.6 Å². The maximum Gasteiger partial charge on any atom is 0.118 e. The van der Waals surface area contributed by atoms with E-state index in [0.717, 1.165) is 39.0 Å². The van der Waals surface area contributed by atoms with Gasteiger partial charge in [-0.15, -0.1) is 0 Å². The van der Waals surface area contributed by atoms with Gasteiger partial charge in [-0.05, 0) is 60.7 Å². The van der Waals surface area contributed by atoms with E-state index in [1.54, 1.807) is 7.11 Å². The SMILES string of the molecule is COc1ccc(-c2nn(-c3ccccc3)cc2CNc2ccc(Cl)cc2)cc1. The second-order valence-corrected chi connectivity index (χ2v) is 6.81. The molecule has 3 aromatic carbocycles. The van der Waals surface area contributed by atoms with Gasteiger partial charge in [0.15, 0.2) is 0 Å². The average Bonchev–Trinajstić information content (AvgIpc) is 3.18. The fourth-order valence-electron chi connectivity index (χ4n) is 3.01. The van der Waals surface area contributed by atoms with E-state index in [9.17, 15) is 0 Å². The lowest BCUT2D eigenvalue weighted by Gasteiger charge is -2.07. The van der Waals surface area contributed by atoms with Gasteiger partial charge in [0.2, 0.25) is 0 Å². The summed E-state index contributed by atoms with van der Waals surface area (Å²) in [5, 5.41) is 9.02. The number of ether oxygens (including phenoxy) is 1. The van der Waals surface area contributed by atoms with Crippen LogP contribution in [0.2, 0.25) is 5.02 Å². The summed E-state index contributed by atoms with van der Waals surface area (Å²) in [6.45, 7) is 0.649. The van der Waals surface area contributed by atoms with E-state index < -0.39 is 0 Å². The van der Waals surface area contributed by atoms with E-state index in [1.807, 2.05) is 83.5 Å². The van der Waals surface area contributed by atoms with Crippen LogP contribution in [0.4, 0.5) is 5.69 Å². The van der Waals surface area contributed by atoms with Gasteiger partial charge < -0.3 is 10.1 Å². The summed E-state index contributed by atoms with van der Waals surface area (Å²) in [7, 11) is 1.67. The average molecular weight is 390 g/mol. The summed E-state index contributed by atoms with van der Waals surface area (Å²) < 4.78 is 7.19. The van der Waals surface area contributed by atoms with Crippen molar-refractivity contribution in [2.75, 3.05) is 12.4 Å². The lowest BCUT2D eigenvalue weighted by Crippen LogP contribution is -1.99. The molecule has 4 rings (SSSR count). The monoisotopic (exact) mass is 389 g/mol. The third kappa shape index (κ3) is 4.02. The van der Waals surface area contributed by atoms with Crippen LogP contribution in [0.1, 0.15) is 5.56 Å². The predicted octanol–water partition coefficient (Wildman–Crippen LogP) is 5.81. The molecule has 0 amide bonds. The second kappa shape index (κ2) is 8.19. The minimum atomic E-state index is 0.649. The molecule has 4 nitrogen and oxygen atoms in total. The van der Waals surface area contributed by atoms with Crippen LogP contribution in [-0.4, -0.2) is 16.9 Å². The molecule has 0 spiro atoms. The number of benzene rings is 3. The summed E-state index contributed by atoms with van der Waals surface area (Å²) in [4.78, 5) is 0. The molecule has 5 heteroatoms. The summed E-state index contributed by atoms with van der Waals surface area (Å²) >= 11 is 5.98. The molecule has 1 aromatic heterocycles. The molecule has 0 aliphatic rings. The maximum atomic E-state index is 5.98. The minimum absolute atomic E-state index is 0.649. The van der Waals surface area contributed by atoms with E-state index in [1.165, 1.54) is 0 Å². The van der Waals surface area contributed by atoms with Gasteiger partial charge in [-0.2, -0.15) is 5.10 Å². The lowest BCUT2D eigenvalue weighted by atomic mass is 10.1. The van der Waals surface area contributed by atoms with Gasteiger partial charge in [0.1, 0.15) is 5.75 Å². The third-order valence-corrected chi connectivity index (χ3v) is 4.75. The van der Waals surface area contributed by atoms with Crippen LogP contribution < -0.4 is 10.1 Å². The van der Waals surface area contributed by atoms with Crippen molar-refractivity contribution in [1.29, 1.82) is 0 Å². The van der Waals surface area contributed by atoms with Crippen molar-refractivity contribution < 1.29 is 4.74 Å². The van der Waals surface area contributed by atoms with Gasteiger partial charge in [-0.25, -0.2) is 4.68 Å². The van der Waals surface area contributed by atoms with E-state index in [4.69, 9.17) is 21.4 Å². The summed E-state index contributed by atoms with van der Waals surface area (Å²) in [6.07, 6.45) is 2.07. The fraction of sp³-hybridized carbons (Fsp3) is 0.0870. The molecule has 0 unspecified atom stereocenters. The molecule has 0 saturated heterocycles.